The first kappa shape index (κ1) is 9.97. The van der Waals surface area contributed by atoms with Gasteiger partial charge in [-0.1, -0.05) is 0 Å². The van der Waals surface area contributed by atoms with Crippen molar-refractivity contribution < 1.29 is 16.1 Å². The Morgan fingerprint density at radius 3 is 1.52 bits per heavy atom. The molecule has 2 nitrogen and oxygen atoms in total. The van der Waals surface area contributed by atoms with Crippen LogP contribution < -0.4 is 0 Å². The van der Waals surface area contributed by atoms with Crippen LogP contribution >= 0.6 is 23.2 Å². The molecule has 10 heterocycles. The van der Waals surface area contributed by atoms with Crippen LogP contribution in [0.3, 0.4) is 0 Å². The molecule has 0 aliphatic carbocycles. The number of carbonyl (C=O) groups excluding carboxylic acids is 2. The third-order valence-corrected chi connectivity index (χ3v) is 59.3. The second-order valence-electron chi connectivity index (χ2n) is 12.0. The van der Waals surface area contributed by atoms with Gasteiger partial charge in [0, 0.05) is 0 Å². The van der Waals surface area contributed by atoms with E-state index >= 15 is 0 Å². The Kier molecular flexibility index (Phi) is 0.438. The number of rotatable bonds is 3. The summed E-state index contributed by atoms with van der Waals surface area (Å²) in [5.41, 5.74) is 2.31. The summed E-state index contributed by atoms with van der Waals surface area (Å²) in [6.45, 7) is -3.46. The van der Waals surface area contributed by atoms with E-state index in [1.165, 1.54) is 0 Å². The first-order chi connectivity index (χ1) is 10.8. The zero-order valence-corrected chi connectivity index (χ0v) is 14.5. The Labute approximate surface area is 132 Å². The number of benzene rings is 1. The Balaban J connectivity index is 1.45. The van der Waals surface area contributed by atoms with Gasteiger partial charge in [0.2, 0.25) is 0 Å². The molecule has 10 aliphatic rings. The fraction of sp³-hybridized carbons (Fsp3) is 0.556. The van der Waals surface area contributed by atoms with Gasteiger partial charge in [0.25, 0.3) is 0 Å². The van der Waals surface area contributed by atoms with Crippen LogP contribution in [0, 0.1) is 0 Å². The maximum atomic E-state index is 12.2. The SMILES string of the molecule is O=C(Cl)c1cccc(C(=O)Cl)c1[C]12[CH]3[CH]4[CH]5[CH]1[Fe]45321678[CH]2[CH]1[CH]6[CH]7[CH]28. The molecule has 5 heteroatoms. The van der Waals surface area contributed by atoms with Crippen LogP contribution in [0.5, 0.6) is 0 Å². The van der Waals surface area contributed by atoms with Crippen LogP contribution in [-0.4, -0.2) is 10.5 Å². The summed E-state index contributed by atoms with van der Waals surface area (Å²) in [6.07, 6.45) is 0. The Hall–Kier alpha value is -0.341. The van der Waals surface area contributed by atoms with Crippen molar-refractivity contribution in [1.29, 1.82) is 0 Å². The Morgan fingerprint density at radius 1 is 0.826 bits per heavy atom. The average molecular weight is 387 g/mol. The molecule has 0 N–H and O–H groups in total. The normalized spacial score (nSPS) is 90.8. The van der Waals surface area contributed by atoms with Gasteiger partial charge in [0.1, 0.15) is 0 Å². The van der Waals surface area contributed by atoms with E-state index in [9.17, 15) is 9.59 Å². The van der Waals surface area contributed by atoms with E-state index in [0.29, 0.717) is 15.4 Å². The average Bonchev–Trinajstić information content (AvgIpc) is 3.46. The zero-order chi connectivity index (χ0) is 15.0. The molecule has 4 atom stereocenters. The van der Waals surface area contributed by atoms with Gasteiger partial charge in [-0.15, -0.1) is 0 Å². The minimum atomic E-state index is -3.46. The number of halogens is 2. The van der Waals surface area contributed by atoms with Crippen LogP contribution in [0.25, 0.3) is 0 Å². The predicted molar refractivity (Wildman–Crippen MR) is 82.2 cm³/mol. The molecule has 0 saturated carbocycles. The van der Waals surface area contributed by atoms with Crippen LogP contribution in [0.15, 0.2) is 18.2 Å². The standard InChI is InChI=1S/C13H7Cl2O2.C5H5.Fe/c14-12(16)9-6-3-7-10(13(15)17)11(9)8-4-1-2-5-8;1-2-4-5-3-1;/h1-7H;1-5H;. The summed E-state index contributed by atoms with van der Waals surface area (Å²) in [5.74, 6) is 0. The molecule has 4 unspecified atom stereocenters. The molecule has 0 aromatic heterocycles. The van der Waals surface area contributed by atoms with Crippen molar-refractivity contribution in [3.8, 4) is 0 Å². The van der Waals surface area contributed by atoms with E-state index < -0.39 is 17.0 Å². The molecule has 10 saturated heterocycles. The van der Waals surface area contributed by atoms with Crippen molar-refractivity contribution in [1.82, 2.24) is 0 Å². The number of hydrogen-bond donors (Lipinski definition) is 0. The quantitative estimate of drug-likeness (QED) is 0.525. The number of carbonyl (C=O) groups is 2. The van der Waals surface area contributed by atoms with Gasteiger partial charge in [-0.2, -0.15) is 0 Å². The van der Waals surface area contributed by atoms with Crippen molar-refractivity contribution in [2.45, 2.75) is 47.7 Å². The summed E-state index contributed by atoms with van der Waals surface area (Å²) in [5, 5.41) is -0.786. The van der Waals surface area contributed by atoms with Crippen LogP contribution in [0.4, 0.5) is 0 Å². The molecule has 1 aromatic rings. The molecular formula is C18H12Cl2FeO2. The van der Waals surface area contributed by atoms with Crippen molar-refractivity contribution in [2.75, 3.05) is 0 Å². The summed E-state index contributed by atoms with van der Waals surface area (Å²) in [7, 11) is 0. The van der Waals surface area contributed by atoms with Gasteiger partial charge >= 0.3 is 132 Å². The molecule has 0 amide bonds. The second kappa shape index (κ2) is 1.01. The number of fused-ring (bicyclic) bond motifs is 10. The Bertz CT molecular complexity index is 1300. The van der Waals surface area contributed by atoms with Crippen LogP contribution in [0.2, 0.25) is 43.3 Å². The molecule has 1 spiro atoms. The van der Waals surface area contributed by atoms with Gasteiger partial charge in [0.05, 0.1) is 0 Å². The van der Waals surface area contributed by atoms with E-state index in [4.69, 9.17) is 23.2 Å². The van der Waals surface area contributed by atoms with Crippen molar-refractivity contribution >= 4 is 33.7 Å². The Morgan fingerprint density at radius 2 is 1.26 bits per heavy atom. The maximum absolute atomic E-state index is 12.2. The minimum absolute atomic E-state index is 0.320. The second-order valence-corrected chi connectivity index (χ2v) is 36.2. The van der Waals surface area contributed by atoms with E-state index in [0.717, 1.165) is 48.9 Å². The molecule has 10 aliphatic heterocycles. The van der Waals surface area contributed by atoms with Crippen LogP contribution in [0.1, 0.15) is 26.3 Å². The summed E-state index contributed by atoms with van der Waals surface area (Å²) < 4.78 is 0.320. The fourth-order valence-electron chi connectivity index (χ4n) is 18.2. The van der Waals surface area contributed by atoms with E-state index in [-0.39, 0.29) is 0 Å². The van der Waals surface area contributed by atoms with Gasteiger partial charge < -0.3 is 0 Å². The van der Waals surface area contributed by atoms with Crippen molar-refractivity contribution in [2.24, 2.45) is 0 Å². The van der Waals surface area contributed by atoms with E-state index in [1.807, 2.05) is 12.1 Å². The van der Waals surface area contributed by atoms with Crippen LogP contribution in [-0.2, 0) is 10.8 Å². The topological polar surface area (TPSA) is 34.1 Å². The fourth-order valence-corrected chi connectivity index (χ4v) is 92.6. The van der Waals surface area contributed by atoms with E-state index in [1.54, 1.807) is 6.07 Å². The third kappa shape index (κ3) is 0.145. The first-order valence-electron chi connectivity index (χ1n) is 8.54. The van der Waals surface area contributed by atoms with Gasteiger partial charge in [-0.05, 0) is 0 Å². The van der Waals surface area contributed by atoms with Crippen molar-refractivity contribution in [3.05, 3.63) is 34.9 Å². The molecule has 11 rings (SSSR count). The summed E-state index contributed by atoms with van der Waals surface area (Å²) in [6, 6.07) is 5.47. The zero-order valence-electron chi connectivity index (χ0n) is 11.9. The molecule has 0 radical (unpaired) electrons. The summed E-state index contributed by atoms with van der Waals surface area (Å²) in [4.78, 5) is 34.3. The molecule has 10 fully saturated rings. The monoisotopic (exact) mass is 386 g/mol. The van der Waals surface area contributed by atoms with Crippen molar-refractivity contribution in [3.63, 3.8) is 0 Å². The summed E-state index contributed by atoms with van der Waals surface area (Å²) >= 11 is 12.0. The molecule has 1 aromatic carbocycles. The number of hydrogen-bond acceptors (Lipinski definition) is 2. The molecule has 118 valence electrons. The van der Waals surface area contributed by atoms with Gasteiger partial charge in [0.15, 0.2) is 0 Å². The third-order valence-electron chi connectivity index (χ3n) is 16.5. The van der Waals surface area contributed by atoms with Gasteiger partial charge in [-0.25, -0.2) is 0 Å². The molecular weight excluding hydrogens is 375 g/mol. The molecule has 0 bridgehead atoms. The van der Waals surface area contributed by atoms with Gasteiger partial charge in [-0.3, -0.25) is 0 Å². The molecule has 23 heavy (non-hydrogen) atoms. The van der Waals surface area contributed by atoms with E-state index in [2.05, 4.69) is 0 Å². The predicted octanol–water partition coefficient (Wildman–Crippen LogP) is 5.24. The first-order valence-corrected chi connectivity index (χ1v) is 15.6.